The van der Waals surface area contributed by atoms with Gasteiger partial charge in [-0.1, -0.05) is 60.7 Å². The lowest BCUT2D eigenvalue weighted by molar-refractivity contribution is -0.141. The van der Waals surface area contributed by atoms with Crippen molar-refractivity contribution in [2.24, 2.45) is 0 Å². The molecule has 0 saturated heterocycles. The average molecular weight is 308 g/mol. The zero-order valence-corrected chi connectivity index (χ0v) is 12.3. The normalized spacial score (nSPS) is 11.5. The molecular weight excluding hydrogens is 292 g/mol. The molecule has 0 fully saturated rings. The molecule has 1 atom stereocenters. The van der Waals surface area contributed by atoms with E-state index in [9.17, 15) is 9.59 Å². The summed E-state index contributed by atoms with van der Waals surface area (Å²) in [5.41, 5.74) is 1.52. The Kier molecular flexibility index (Phi) is 5.48. The van der Waals surface area contributed by atoms with Crippen LogP contribution >= 0.6 is 0 Å². The van der Waals surface area contributed by atoms with Gasteiger partial charge in [-0.2, -0.15) is 5.26 Å². The Morgan fingerprint density at radius 2 is 1.48 bits per heavy atom. The second-order valence-electron chi connectivity index (χ2n) is 5.02. The number of nitrogens with zero attached hydrogens (tertiary/aromatic N) is 1. The van der Waals surface area contributed by atoms with Gasteiger partial charge in [0.15, 0.2) is 0 Å². The van der Waals surface area contributed by atoms with Gasteiger partial charge in [-0.15, -0.1) is 0 Å². The van der Waals surface area contributed by atoms with E-state index in [2.05, 4.69) is 5.32 Å². The first-order valence-corrected chi connectivity index (χ1v) is 7.13. The molecule has 0 aliphatic heterocycles. The summed E-state index contributed by atoms with van der Waals surface area (Å²) in [6.07, 6.45) is -0.280. The Morgan fingerprint density at radius 1 is 1.00 bits per heavy atom. The number of benzene rings is 2. The number of carboxylic acid groups (broad SMARTS) is 1. The third kappa shape index (κ3) is 4.17. The Labute approximate surface area is 134 Å². The number of amides is 1. The summed E-state index contributed by atoms with van der Waals surface area (Å²) in [5.74, 6) is -2.29. The van der Waals surface area contributed by atoms with E-state index < -0.39 is 23.8 Å². The van der Waals surface area contributed by atoms with E-state index in [1.807, 2.05) is 60.7 Å². The van der Waals surface area contributed by atoms with Crippen molar-refractivity contribution < 1.29 is 14.7 Å². The molecule has 116 valence electrons. The zero-order valence-electron chi connectivity index (χ0n) is 12.3. The first-order valence-electron chi connectivity index (χ1n) is 7.13. The second-order valence-corrected chi connectivity index (χ2v) is 5.02. The molecule has 0 aliphatic rings. The van der Waals surface area contributed by atoms with E-state index in [-0.39, 0.29) is 6.42 Å². The number of nitriles is 1. The van der Waals surface area contributed by atoms with E-state index in [1.165, 1.54) is 0 Å². The van der Waals surface area contributed by atoms with Crippen LogP contribution in [-0.2, 0) is 9.59 Å². The van der Waals surface area contributed by atoms with Crippen molar-refractivity contribution in [3.63, 3.8) is 0 Å². The smallest absolute Gasteiger partial charge is 0.327 e. The summed E-state index contributed by atoms with van der Waals surface area (Å²) in [5, 5.41) is 20.3. The van der Waals surface area contributed by atoms with Crippen LogP contribution in [0.15, 0.2) is 60.7 Å². The highest BCUT2D eigenvalue weighted by atomic mass is 16.4. The van der Waals surface area contributed by atoms with Gasteiger partial charge >= 0.3 is 5.97 Å². The number of aliphatic carboxylic acids is 1. The van der Waals surface area contributed by atoms with Gasteiger partial charge in [-0.3, -0.25) is 4.79 Å². The minimum atomic E-state index is -1.22. The van der Waals surface area contributed by atoms with E-state index in [1.54, 1.807) is 6.07 Å². The van der Waals surface area contributed by atoms with E-state index in [0.29, 0.717) is 0 Å². The number of rotatable bonds is 6. The van der Waals surface area contributed by atoms with Crippen molar-refractivity contribution in [3.8, 4) is 6.07 Å². The summed E-state index contributed by atoms with van der Waals surface area (Å²) in [7, 11) is 0. The molecule has 23 heavy (non-hydrogen) atoms. The molecular formula is C18H16N2O3. The summed E-state index contributed by atoms with van der Waals surface area (Å²) < 4.78 is 0. The van der Waals surface area contributed by atoms with Crippen LogP contribution in [0.2, 0.25) is 0 Å². The number of hydrogen-bond donors (Lipinski definition) is 2. The number of carbonyl (C=O) groups excluding carboxylic acids is 1. The van der Waals surface area contributed by atoms with Crippen molar-refractivity contribution in [1.29, 1.82) is 5.26 Å². The lowest BCUT2D eigenvalue weighted by Gasteiger charge is -2.20. The third-order valence-corrected chi connectivity index (χ3v) is 3.44. The summed E-state index contributed by atoms with van der Waals surface area (Å²) in [6.45, 7) is 0. The molecule has 0 saturated carbocycles. The molecule has 2 aromatic rings. The fourth-order valence-corrected chi connectivity index (χ4v) is 2.33. The van der Waals surface area contributed by atoms with E-state index in [4.69, 9.17) is 10.4 Å². The fourth-order valence-electron chi connectivity index (χ4n) is 2.33. The Morgan fingerprint density at radius 3 is 1.87 bits per heavy atom. The van der Waals surface area contributed by atoms with Gasteiger partial charge in [0.05, 0.1) is 18.4 Å². The predicted molar refractivity (Wildman–Crippen MR) is 84.5 cm³/mol. The Balaban J connectivity index is 2.33. The van der Waals surface area contributed by atoms with Gasteiger partial charge in [-0.05, 0) is 11.1 Å². The predicted octanol–water partition coefficient (Wildman–Crippen LogP) is 2.30. The van der Waals surface area contributed by atoms with E-state index in [0.717, 1.165) is 11.1 Å². The first-order chi connectivity index (χ1) is 11.1. The third-order valence-electron chi connectivity index (χ3n) is 3.44. The monoisotopic (exact) mass is 308 g/mol. The quantitative estimate of drug-likeness (QED) is 0.856. The highest BCUT2D eigenvalue weighted by molar-refractivity contribution is 5.90. The molecule has 0 bridgehead atoms. The van der Waals surface area contributed by atoms with Gasteiger partial charge in [0.1, 0.15) is 6.04 Å². The maximum atomic E-state index is 12.6. The van der Waals surface area contributed by atoms with Crippen LogP contribution < -0.4 is 5.32 Å². The van der Waals surface area contributed by atoms with Gasteiger partial charge < -0.3 is 10.4 Å². The number of carboxylic acids is 1. The molecule has 5 heteroatoms. The molecule has 0 heterocycles. The molecule has 2 N–H and O–H groups in total. The number of nitrogens with one attached hydrogen (secondary N) is 1. The highest BCUT2D eigenvalue weighted by Gasteiger charge is 2.27. The minimum absolute atomic E-state index is 0.280. The first kappa shape index (κ1) is 16.2. The molecule has 1 unspecified atom stereocenters. The molecule has 5 nitrogen and oxygen atoms in total. The Hall–Kier alpha value is -3.13. The van der Waals surface area contributed by atoms with Crippen LogP contribution in [0.25, 0.3) is 0 Å². The second kappa shape index (κ2) is 7.76. The summed E-state index contributed by atoms with van der Waals surface area (Å²) in [6, 6.07) is 18.8. The zero-order chi connectivity index (χ0) is 16.7. The van der Waals surface area contributed by atoms with Crippen LogP contribution in [-0.4, -0.2) is 23.0 Å². The SMILES string of the molecule is N#CCC(NC(=O)C(c1ccccc1)c1ccccc1)C(=O)O. The van der Waals surface area contributed by atoms with Crippen LogP contribution in [0.1, 0.15) is 23.5 Å². The summed E-state index contributed by atoms with van der Waals surface area (Å²) in [4.78, 5) is 23.8. The number of hydrogen-bond acceptors (Lipinski definition) is 3. The highest BCUT2D eigenvalue weighted by Crippen LogP contribution is 2.24. The van der Waals surface area contributed by atoms with Gasteiger partial charge in [0.2, 0.25) is 5.91 Å². The molecule has 2 rings (SSSR count). The van der Waals surface area contributed by atoms with Crippen LogP contribution in [0.3, 0.4) is 0 Å². The lowest BCUT2D eigenvalue weighted by atomic mass is 9.90. The van der Waals surface area contributed by atoms with Gasteiger partial charge in [-0.25, -0.2) is 4.79 Å². The van der Waals surface area contributed by atoms with Crippen molar-refractivity contribution >= 4 is 11.9 Å². The molecule has 2 aromatic carbocycles. The topological polar surface area (TPSA) is 90.2 Å². The largest absolute Gasteiger partial charge is 0.480 e. The lowest BCUT2D eigenvalue weighted by Crippen LogP contribution is -2.43. The van der Waals surface area contributed by atoms with Crippen molar-refractivity contribution in [2.45, 2.75) is 18.4 Å². The maximum Gasteiger partial charge on any atom is 0.327 e. The molecule has 0 spiro atoms. The fraction of sp³-hybridized carbons (Fsp3) is 0.167. The standard InChI is InChI=1S/C18H16N2O3/c19-12-11-15(18(22)23)20-17(21)16(13-7-3-1-4-8-13)14-9-5-2-6-10-14/h1-10,15-16H,11H2,(H,20,21)(H,22,23). The van der Waals surface area contributed by atoms with Crippen molar-refractivity contribution in [3.05, 3.63) is 71.8 Å². The molecule has 0 radical (unpaired) electrons. The summed E-state index contributed by atoms with van der Waals surface area (Å²) >= 11 is 0. The maximum absolute atomic E-state index is 12.6. The average Bonchev–Trinajstić information content (AvgIpc) is 2.56. The molecule has 0 aromatic heterocycles. The van der Waals surface area contributed by atoms with Crippen molar-refractivity contribution in [2.75, 3.05) is 0 Å². The van der Waals surface area contributed by atoms with Gasteiger partial charge in [0, 0.05) is 0 Å². The van der Waals surface area contributed by atoms with Gasteiger partial charge in [0.25, 0.3) is 0 Å². The molecule has 1 amide bonds. The van der Waals surface area contributed by atoms with Crippen LogP contribution in [0.4, 0.5) is 0 Å². The molecule has 0 aliphatic carbocycles. The Bertz CT molecular complexity index is 669. The van der Waals surface area contributed by atoms with Crippen molar-refractivity contribution in [1.82, 2.24) is 5.32 Å². The number of carbonyl (C=O) groups is 2. The van der Waals surface area contributed by atoms with E-state index >= 15 is 0 Å². The van der Waals surface area contributed by atoms with Crippen LogP contribution in [0, 0.1) is 11.3 Å². The van der Waals surface area contributed by atoms with Crippen LogP contribution in [0.5, 0.6) is 0 Å². The minimum Gasteiger partial charge on any atom is -0.480 e.